The van der Waals surface area contributed by atoms with Gasteiger partial charge in [0.15, 0.2) is 0 Å². The molecule has 0 aliphatic carbocycles. The van der Waals surface area contributed by atoms with Crippen molar-refractivity contribution in [1.29, 1.82) is 0 Å². The molecular formula is C25H20F3N3O3S. The maximum absolute atomic E-state index is 13.5. The molecule has 5 rings (SSSR count). The molecule has 0 bridgehead atoms. The number of hydrogen-bond donors (Lipinski definition) is 0. The summed E-state index contributed by atoms with van der Waals surface area (Å²) in [7, 11) is -4.07. The summed E-state index contributed by atoms with van der Waals surface area (Å²) in [6, 6.07) is 14.7. The van der Waals surface area contributed by atoms with Crippen molar-refractivity contribution in [1.82, 2.24) is 14.1 Å². The van der Waals surface area contributed by atoms with E-state index in [1.165, 1.54) is 36.4 Å². The van der Waals surface area contributed by atoms with E-state index in [0.29, 0.717) is 32.0 Å². The van der Waals surface area contributed by atoms with Crippen molar-refractivity contribution in [3.8, 4) is 16.9 Å². The Kier molecular flexibility index (Phi) is 5.33. The van der Waals surface area contributed by atoms with Crippen molar-refractivity contribution < 1.29 is 21.6 Å². The Morgan fingerprint density at radius 3 is 2.03 bits per heavy atom. The third-order valence-electron chi connectivity index (χ3n) is 6.16. The van der Waals surface area contributed by atoms with E-state index in [9.17, 15) is 26.4 Å². The molecule has 2 heterocycles. The highest BCUT2D eigenvalue weighted by Gasteiger charge is 2.49. The first kappa shape index (κ1) is 23.3. The molecule has 1 aliphatic rings. The summed E-state index contributed by atoms with van der Waals surface area (Å²) in [5.41, 5.74) is 2.82. The first-order valence-electron chi connectivity index (χ1n) is 10.7. The average Bonchev–Trinajstić information content (AvgIpc) is 2.80. The number of aryl methyl sites for hydroxylation is 2. The number of halogens is 3. The number of fused-ring (bicyclic) bond motifs is 1. The maximum atomic E-state index is 13.5. The molecule has 0 atom stereocenters. The zero-order valence-corrected chi connectivity index (χ0v) is 19.6. The predicted molar refractivity (Wildman–Crippen MR) is 126 cm³/mol. The van der Waals surface area contributed by atoms with Crippen LogP contribution in [0.5, 0.6) is 0 Å². The summed E-state index contributed by atoms with van der Waals surface area (Å²) in [6.07, 6.45) is 0. The number of sulfonamides is 1. The second kappa shape index (κ2) is 8.03. The van der Waals surface area contributed by atoms with Gasteiger partial charge in [0.05, 0.1) is 34.8 Å². The van der Waals surface area contributed by atoms with Crippen LogP contribution in [0.3, 0.4) is 0 Å². The lowest BCUT2D eigenvalue weighted by Gasteiger charge is -2.37. The summed E-state index contributed by atoms with van der Waals surface area (Å²) in [5, 5.41) is 5.55. The lowest BCUT2D eigenvalue weighted by molar-refractivity contribution is -0.0945. The van der Waals surface area contributed by atoms with E-state index in [1.54, 1.807) is 18.2 Å². The molecule has 1 aliphatic heterocycles. The molecule has 4 aromatic rings. The molecule has 35 heavy (non-hydrogen) atoms. The fourth-order valence-corrected chi connectivity index (χ4v) is 5.54. The van der Waals surface area contributed by atoms with E-state index in [0.717, 1.165) is 15.8 Å². The summed E-state index contributed by atoms with van der Waals surface area (Å²) >= 11 is 0. The van der Waals surface area contributed by atoms with Gasteiger partial charge in [0.25, 0.3) is 11.5 Å². The molecule has 10 heteroatoms. The van der Waals surface area contributed by atoms with Gasteiger partial charge >= 0.3 is 0 Å². The van der Waals surface area contributed by atoms with Crippen LogP contribution in [0.15, 0.2) is 70.4 Å². The minimum Gasteiger partial charge on any atom is -0.267 e. The minimum atomic E-state index is -4.07. The highest BCUT2D eigenvalue weighted by atomic mass is 32.2. The van der Waals surface area contributed by atoms with Crippen molar-refractivity contribution >= 4 is 20.8 Å². The molecule has 3 aromatic carbocycles. The van der Waals surface area contributed by atoms with Gasteiger partial charge in [-0.3, -0.25) is 4.79 Å². The predicted octanol–water partition coefficient (Wildman–Crippen LogP) is 4.45. The number of aromatic nitrogens is 2. The highest BCUT2D eigenvalue weighted by Crippen LogP contribution is 2.32. The minimum absolute atomic E-state index is 0.157. The molecule has 180 valence electrons. The van der Waals surface area contributed by atoms with Gasteiger partial charge in [-0.05, 0) is 85.6 Å². The van der Waals surface area contributed by atoms with Crippen molar-refractivity contribution in [3.05, 3.63) is 88.0 Å². The molecular weight excluding hydrogens is 479 g/mol. The van der Waals surface area contributed by atoms with Crippen LogP contribution in [0.2, 0.25) is 0 Å². The molecule has 1 fully saturated rings. The number of nitrogens with zero attached hydrogens (tertiary/aromatic N) is 3. The Morgan fingerprint density at radius 2 is 1.46 bits per heavy atom. The Bertz CT molecular complexity index is 1620. The van der Waals surface area contributed by atoms with E-state index in [4.69, 9.17) is 0 Å². The first-order chi connectivity index (χ1) is 16.5. The van der Waals surface area contributed by atoms with Gasteiger partial charge in [-0.25, -0.2) is 21.6 Å². The zero-order valence-electron chi connectivity index (χ0n) is 18.8. The van der Waals surface area contributed by atoms with E-state index in [2.05, 4.69) is 5.10 Å². The lowest BCUT2D eigenvalue weighted by Crippen LogP contribution is -2.58. The molecule has 1 aromatic heterocycles. The molecule has 0 saturated carbocycles. The average molecular weight is 500 g/mol. The summed E-state index contributed by atoms with van der Waals surface area (Å²) in [6.45, 7) is 2.09. The molecule has 0 spiro atoms. The molecule has 0 amide bonds. The van der Waals surface area contributed by atoms with Crippen LogP contribution in [0.4, 0.5) is 13.2 Å². The van der Waals surface area contributed by atoms with Crippen molar-refractivity contribution in [2.75, 3.05) is 13.1 Å². The largest absolute Gasteiger partial charge is 0.279 e. The molecule has 1 saturated heterocycles. The zero-order chi connectivity index (χ0) is 25.1. The van der Waals surface area contributed by atoms with Gasteiger partial charge in [0, 0.05) is 10.9 Å². The Balaban J connectivity index is 1.64. The SMILES string of the molecule is Cc1cc2c(-c3ccc(F)cc3)nn(-c3ccc(S(=O)(=O)N4CC(F)(F)C4)cc3)c(=O)c2cc1C. The molecule has 0 N–H and O–H groups in total. The third-order valence-corrected chi connectivity index (χ3v) is 7.97. The number of alkyl halides is 2. The van der Waals surface area contributed by atoms with Gasteiger partial charge in [-0.15, -0.1) is 0 Å². The first-order valence-corrected chi connectivity index (χ1v) is 12.2. The second-order valence-corrected chi connectivity index (χ2v) is 10.6. The number of benzene rings is 3. The fraction of sp³-hybridized carbons (Fsp3) is 0.200. The van der Waals surface area contributed by atoms with Crippen LogP contribution in [0.1, 0.15) is 11.1 Å². The molecule has 0 radical (unpaired) electrons. The van der Waals surface area contributed by atoms with Crippen LogP contribution >= 0.6 is 0 Å². The van der Waals surface area contributed by atoms with Crippen LogP contribution < -0.4 is 5.56 Å². The van der Waals surface area contributed by atoms with Crippen LogP contribution in [0, 0.1) is 19.7 Å². The standard InChI is InChI=1S/C25H20F3N3O3S/c1-15-11-21-22(12-16(15)2)24(32)31(29-23(21)17-3-5-18(26)6-4-17)19-7-9-20(10-8-19)35(33,34)30-13-25(27,28)14-30/h3-12H,13-14H2,1-2H3. The normalized spacial score (nSPS) is 15.8. The quantitative estimate of drug-likeness (QED) is 0.416. The highest BCUT2D eigenvalue weighted by molar-refractivity contribution is 7.89. The van der Waals surface area contributed by atoms with E-state index >= 15 is 0 Å². The number of hydrogen-bond acceptors (Lipinski definition) is 4. The third kappa shape index (κ3) is 4.02. The topological polar surface area (TPSA) is 72.3 Å². The van der Waals surface area contributed by atoms with Crippen molar-refractivity contribution in [3.63, 3.8) is 0 Å². The molecule has 6 nitrogen and oxygen atoms in total. The van der Waals surface area contributed by atoms with Gasteiger partial charge in [-0.2, -0.15) is 14.1 Å². The van der Waals surface area contributed by atoms with Crippen LogP contribution in [-0.4, -0.2) is 41.5 Å². The fourth-order valence-electron chi connectivity index (χ4n) is 4.05. The summed E-state index contributed by atoms with van der Waals surface area (Å²) in [4.78, 5) is 13.2. The van der Waals surface area contributed by atoms with Gasteiger partial charge in [0.2, 0.25) is 10.0 Å². The van der Waals surface area contributed by atoms with E-state index < -0.39 is 40.4 Å². The van der Waals surface area contributed by atoms with Crippen molar-refractivity contribution in [2.45, 2.75) is 24.7 Å². The monoisotopic (exact) mass is 499 g/mol. The summed E-state index contributed by atoms with van der Waals surface area (Å²) in [5.74, 6) is -3.43. The van der Waals surface area contributed by atoms with Crippen LogP contribution in [-0.2, 0) is 10.0 Å². The Labute approximate surface area is 199 Å². The summed E-state index contributed by atoms with van der Waals surface area (Å²) < 4.78 is 67.0. The van der Waals surface area contributed by atoms with E-state index in [1.807, 2.05) is 19.9 Å². The smallest absolute Gasteiger partial charge is 0.267 e. The molecule has 0 unspecified atom stereocenters. The van der Waals surface area contributed by atoms with Crippen LogP contribution in [0.25, 0.3) is 27.7 Å². The Morgan fingerprint density at radius 1 is 0.886 bits per heavy atom. The lowest BCUT2D eigenvalue weighted by atomic mass is 10.00. The van der Waals surface area contributed by atoms with Gasteiger partial charge < -0.3 is 0 Å². The van der Waals surface area contributed by atoms with E-state index in [-0.39, 0.29) is 4.90 Å². The van der Waals surface area contributed by atoms with Gasteiger partial charge in [-0.1, -0.05) is 0 Å². The van der Waals surface area contributed by atoms with Gasteiger partial charge in [0.1, 0.15) is 5.82 Å². The van der Waals surface area contributed by atoms with Crippen molar-refractivity contribution in [2.24, 2.45) is 0 Å². The number of rotatable bonds is 4. The second-order valence-electron chi connectivity index (χ2n) is 8.68. The maximum Gasteiger partial charge on any atom is 0.279 e. The Hall–Kier alpha value is -3.50.